The van der Waals surface area contributed by atoms with E-state index in [1.165, 1.54) is 4.90 Å². The number of imide groups is 1. The van der Waals surface area contributed by atoms with Gasteiger partial charge in [0.25, 0.3) is 11.8 Å². The zero-order valence-corrected chi connectivity index (χ0v) is 17.8. The Kier molecular flexibility index (Phi) is 4.90. The number of anilines is 2. The van der Waals surface area contributed by atoms with Crippen LogP contribution in [0.2, 0.25) is 0 Å². The molecule has 0 bridgehead atoms. The molecule has 6 heteroatoms. The van der Waals surface area contributed by atoms with Gasteiger partial charge in [0, 0.05) is 11.8 Å². The van der Waals surface area contributed by atoms with Crippen LogP contribution in [0.5, 0.6) is 11.5 Å². The topological polar surface area (TPSA) is 67.9 Å². The van der Waals surface area contributed by atoms with E-state index >= 15 is 0 Å². The van der Waals surface area contributed by atoms with E-state index in [9.17, 15) is 9.59 Å². The number of rotatable bonds is 4. The SMILES string of the molecule is Cc1ccc(C)c(N2C(=O)C(Nc3ccc4c(c3)OCCO4)=C(c3ccccc3)C2=O)c1. The number of amides is 2. The van der Waals surface area contributed by atoms with E-state index in [0.717, 1.165) is 11.1 Å². The van der Waals surface area contributed by atoms with E-state index in [1.807, 2.05) is 68.4 Å². The van der Waals surface area contributed by atoms with Gasteiger partial charge in [-0.05, 0) is 48.7 Å². The quantitative estimate of drug-likeness (QED) is 0.624. The maximum atomic E-state index is 13.6. The van der Waals surface area contributed by atoms with Crippen molar-refractivity contribution in [3.05, 3.63) is 89.1 Å². The zero-order valence-electron chi connectivity index (χ0n) is 17.8. The second-order valence-corrected chi connectivity index (χ2v) is 7.84. The summed E-state index contributed by atoms with van der Waals surface area (Å²) >= 11 is 0. The van der Waals surface area contributed by atoms with E-state index in [4.69, 9.17) is 9.47 Å². The van der Waals surface area contributed by atoms with Crippen LogP contribution in [-0.2, 0) is 9.59 Å². The lowest BCUT2D eigenvalue weighted by molar-refractivity contribution is -0.120. The monoisotopic (exact) mass is 426 g/mol. The van der Waals surface area contributed by atoms with Gasteiger partial charge < -0.3 is 14.8 Å². The third-order valence-corrected chi connectivity index (χ3v) is 5.56. The summed E-state index contributed by atoms with van der Waals surface area (Å²) in [4.78, 5) is 28.4. The first-order valence-corrected chi connectivity index (χ1v) is 10.5. The lowest BCUT2D eigenvalue weighted by Gasteiger charge is -2.20. The van der Waals surface area contributed by atoms with Gasteiger partial charge in [0.05, 0.1) is 11.3 Å². The van der Waals surface area contributed by atoms with Gasteiger partial charge in [-0.3, -0.25) is 9.59 Å². The number of aryl methyl sites for hydroxylation is 2. The number of nitrogens with one attached hydrogen (secondary N) is 1. The fourth-order valence-electron chi connectivity index (χ4n) is 3.96. The van der Waals surface area contributed by atoms with E-state index < -0.39 is 5.91 Å². The molecule has 160 valence electrons. The van der Waals surface area contributed by atoms with Gasteiger partial charge in [-0.1, -0.05) is 42.5 Å². The van der Waals surface area contributed by atoms with Gasteiger partial charge in [0.1, 0.15) is 18.9 Å². The van der Waals surface area contributed by atoms with Crippen molar-refractivity contribution in [1.29, 1.82) is 0 Å². The van der Waals surface area contributed by atoms with Crippen molar-refractivity contribution in [2.75, 3.05) is 23.4 Å². The molecule has 32 heavy (non-hydrogen) atoms. The van der Waals surface area contributed by atoms with Gasteiger partial charge in [-0.15, -0.1) is 0 Å². The molecule has 2 amide bonds. The number of hydrogen-bond acceptors (Lipinski definition) is 5. The lowest BCUT2D eigenvalue weighted by Crippen LogP contribution is -2.33. The van der Waals surface area contributed by atoms with E-state index in [2.05, 4.69) is 5.32 Å². The summed E-state index contributed by atoms with van der Waals surface area (Å²) in [6.07, 6.45) is 0. The summed E-state index contributed by atoms with van der Waals surface area (Å²) in [6.45, 7) is 4.80. The fraction of sp³-hybridized carbons (Fsp3) is 0.154. The normalized spacial score (nSPS) is 15.4. The van der Waals surface area contributed by atoms with Crippen molar-refractivity contribution >= 4 is 28.8 Å². The van der Waals surface area contributed by atoms with Crippen LogP contribution in [0.3, 0.4) is 0 Å². The largest absolute Gasteiger partial charge is 0.486 e. The van der Waals surface area contributed by atoms with Gasteiger partial charge in [-0.25, -0.2) is 4.90 Å². The standard InChI is InChI=1S/C26H22N2O4/c1-16-8-9-17(2)20(14-16)28-25(29)23(18-6-4-3-5-7-18)24(26(28)30)27-19-10-11-21-22(15-19)32-13-12-31-21/h3-11,14-15,27H,12-13H2,1-2H3. The van der Waals surface area contributed by atoms with Crippen molar-refractivity contribution < 1.29 is 19.1 Å². The van der Waals surface area contributed by atoms with E-state index in [0.29, 0.717) is 47.2 Å². The van der Waals surface area contributed by atoms with Crippen molar-refractivity contribution in [3.8, 4) is 11.5 Å². The number of hydrogen-bond donors (Lipinski definition) is 1. The van der Waals surface area contributed by atoms with Crippen LogP contribution in [0.1, 0.15) is 16.7 Å². The summed E-state index contributed by atoms with van der Waals surface area (Å²) < 4.78 is 11.2. The highest BCUT2D eigenvalue weighted by molar-refractivity contribution is 6.46. The maximum Gasteiger partial charge on any atom is 0.282 e. The van der Waals surface area contributed by atoms with Crippen LogP contribution in [0.25, 0.3) is 5.57 Å². The lowest BCUT2D eigenvalue weighted by atomic mass is 10.0. The molecule has 3 aromatic rings. The molecule has 0 fully saturated rings. The van der Waals surface area contributed by atoms with Crippen molar-refractivity contribution in [2.24, 2.45) is 0 Å². The predicted molar refractivity (Wildman–Crippen MR) is 123 cm³/mol. The first-order valence-electron chi connectivity index (χ1n) is 10.5. The second kappa shape index (κ2) is 7.89. The first-order chi connectivity index (χ1) is 15.5. The zero-order chi connectivity index (χ0) is 22.2. The summed E-state index contributed by atoms with van der Waals surface area (Å²) in [6, 6.07) is 20.4. The van der Waals surface area contributed by atoms with Crippen LogP contribution in [0.4, 0.5) is 11.4 Å². The summed E-state index contributed by atoms with van der Waals surface area (Å²) in [5, 5.41) is 3.19. The van der Waals surface area contributed by atoms with Crippen LogP contribution in [0, 0.1) is 13.8 Å². The molecule has 0 radical (unpaired) electrons. The van der Waals surface area contributed by atoms with Crippen LogP contribution in [-0.4, -0.2) is 25.0 Å². The number of nitrogens with zero attached hydrogens (tertiary/aromatic N) is 1. The van der Waals surface area contributed by atoms with Gasteiger partial charge in [-0.2, -0.15) is 0 Å². The highest BCUT2D eigenvalue weighted by Gasteiger charge is 2.40. The third-order valence-electron chi connectivity index (χ3n) is 5.56. The Morgan fingerprint density at radius 2 is 1.56 bits per heavy atom. The van der Waals surface area contributed by atoms with E-state index in [1.54, 1.807) is 12.1 Å². The molecule has 1 N–H and O–H groups in total. The minimum atomic E-state index is -0.391. The molecule has 0 unspecified atom stereocenters. The van der Waals surface area contributed by atoms with Gasteiger partial charge in [0.2, 0.25) is 0 Å². The molecule has 0 saturated heterocycles. The van der Waals surface area contributed by atoms with E-state index in [-0.39, 0.29) is 11.6 Å². The average Bonchev–Trinajstić information content (AvgIpc) is 3.05. The molecule has 2 aliphatic heterocycles. The molecule has 3 aromatic carbocycles. The molecule has 5 rings (SSSR count). The first kappa shape index (κ1) is 19.9. The molecule has 0 spiro atoms. The Balaban J connectivity index is 1.60. The molecule has 0 atom stereocenters. The Labute approximate surface area is 186 Å². The second-order valence-electron chi connectivity index (χ2n) is 7.84. The number of fused-ring (bicyclic) bond motifs is 1. The number of ether oxygens (including phenoxy) is 2. The highest BCUT2D eigenvalue weighted by Crippen LogP contribution is 2.37. The fourth-order valence-corrected chi connectivity index (χ4v) is 3.96. The van der Waals surface area contributed by atoms with Gasteiger partial charge >= 0.3 is 0 Å². The Bertz CT molecular complexity index is 1260. The summed E-state index contributed by atoms with van der Waals surface area (Å²) in [7, 11) is 0. The molecular formula is C26H22N2O4. The number of benzene rings is 3. The van der Waals surface area contributed by atoms with Crippen molar-refractivity contribution in [1.82, 2.24) is 0 Å². The molecule has 0 saturated carbocycles. The van der Waals surface area contributed by atoms with Crippen LogP contribution in [0.15, 0.2) is 72.4 Å². The third kappa shape index (κ3) is 3.39. The minimum Gasteiger partial charge on any atom is -0.486 e. The molecular weight excluding hydrogens is 404 g/mol. The molecule has 0 aromatic heterocycles. The van der Waals surface area contributed by atoms with Gasteiger partial charge in [0.15, 0.2) is 11.5 Å². The predicted octanol–water partition coefficient (Wildman–Crippen LogP) is 4.47. The number of carbonyl (C=O) groups excluding carboxylic acids is 2. The highest BCUT2D eigenvalue weighted by atomic mass is 16.6. The Morgan fingerprint density at radius 3 is 2.34 bits per heavy atom. The molecule has 2 aliphatic rings. The molecule has 0 aliphatic carbocycles. The van der Waals surface area contributed by atoms with Crippen molar-refractivity contribution in [3.63, 3.8) is 0 Å². The number of carbonyl (C=O) groups is 2. The summed E-state index contributed by atoms with van der Waals surface area (Å²) in [5.41, 5.74) is 4.31. The maximum absolute atomic E-state index is 13.6. The Morgan fingerprint density at radius 1 is 0.812 bits per heavy atom. The average molecular weight is 426 g/mol. The minimum absolute atomic E-state index is 0.235. The van der Waals surface area contributed by atoms with Crippen LogP contribution < -0.4 is 19.7 Å². The molecule has 6 nitrogen and oxygen atoms in total. The summed E-state index contributed by atoms with van der Waals surface area (Å²) in [5.74, 6) is 0.517. The van der Waals surface area contributed by atoms with Crippen LogP contribution >= 0.6 is 0 Å². The Hall–Kier alpha value is -4.06. The van der Waals surface area contributed by atoms with Crippen molar-refractivity contribution in [2.45, 2.75) is 13.8 Å². The molecule has 2 heterocycles. The smallest absolute Gasteiger partial charge is 0.282 e.